The Kier molecular flexibility index (Phi) is 6.01. The van der Waals surface area contributed by atoms with Gasteiger partial charge < -0.3 is 0 Å². The van der Waals surface area contributed by atoms with Gasteiger partial charge in [0.05, 0.1) is 6.54 Å². The number of amidine groups is 1. The summed E-state index contributed by atoms with van der Waals surface area (Å²) in [5, 5.41) is 0.767. The Morgan fingerprint density at radius 3 is 2.68 bits per heavy atom. The largest absolute Gasteiger partial charge is 0.288 e. The van der Waals surface area contributed by atoms with Crippen LogP contribution in [0, 0.1) is 5.82 Å². The van der Waals surface area contributed by atoms with Gasteiger partial charge in [-0.1, -0.05) is 54.2 Å². The topological polar surface area (TPSA) is 32.7 Å². The number of carbonyl (C=O) groups is 1. The van der Waals surface area contributed by atoms with E-state index in [1.165, 1.54) is 18.2 Å². The Hall–Kier alpha value is -2.40. The Labute approximate surface area is 151 Å². The summed E-state index contributed by atoms with van der Waals surface area (Å²) in [6.07, 6.45) is 4.18. The van der Waals surface area contributed by atoms with Crippen molar-refractivity contribution in [1.82, 2.24) is 4.90 Å². The number of benzene rings is 2. The maximum atomic E-state index is 12.9. The van der Waals surface area contributed by atoms with E-state index in [2.05, 4.69) is 4.99 Å². The van der Waals surface area contributed by atoms with Crippen LogP contribution in [0.25, 0.3) is 6.08 Å². The molecule has 0 aromatic heterocycles. The number of thioether (sulfide) groups is 1. The number of rotatable bonds is 4. The smallest absolute Gasteiger partial charge is 0.252 e. The van der Waals surface area contributed by atoms with Crippen LogP contribution in [-0.4, -0.2) is 28.3 Å². The van der Waals surface area contributed by atoms with E-state index in [4.69, 9.17) is 0 Å². The van der Waals surface area contributed by atoms with Crippen LogP contribution in [0.1, 0.15) is 17.5 Å². The molecule has 0 spiro atoms. The van der Waals surface area contributed by atoms with Gasteiger partial charge in [0.15, 0.2) is 5.17 Å². The molecule has 0 N–H and O–H groups in total. The second kappa shape index (κ2) is 8.62. The first-order valence-corrected chi connectivity index (χ1v) is 9.17. The van der Waals surface area contributed by atoms with Crippen molar-refractivity contribution in [3.63, 3.8) is 0 Å². The van der Waals surface area contributed by atoms with Crippen LogP contribution < -0.4 is 0 Å². The van der Waals surface area contributed by atoms with Crippen molar-refractivity contribution in [3.05, 3.63) is 77.6 Å². The van der Waals surface area contributed by atoms with Crippen LogP contribution in [0.2, 0.25) is 0 Å². The minimum atomic E-state index is -0.286. The Bertz CT molecular complexity index is 772. The standard InChI is InChI=1S/C20H19FN2OS/c21-18-10-7-16(8-11-18)9-12-19(24)23-13-4-14-25-20(23)22-15-17-5-2-1-3-6-17/h1-3,5-12H,4,13-15H2. The van der Waals surface area contributed by atoms with Crippen molar-refractivity contribution in [1.29, 1.82) is 0 Å². The molecule has 1 aliphatic heterocycles. The molecule has 1 aliphatic rings. The minimum absolute atomic E-state index is 0.0941. The third-order valence-corrected chi connectivity index (χ3v) is 4.88. The summed E-state index contributed by atoms with van der Waals surface area (Å²) >= 11 is 1.61. The average molecular weight is 354 g/mol. The summed E-state index contributed by atoms with van der Waals surface area (Å²) in [4.78, 5) is 18.9. The number of carbonyl (C=O) groups excluding carboxylic acids is 1. The zero-order valence-electron chi connectivity index (χ0n) is 13.8. The van der Waals surface area contributed by atoms with E-state index in [1.54, 1.807) is 34.9 Å². The first kappa shape index (κ1) is 17.4. The number of hydrogen-bond acceptors (Lipinski definition) is 3. The van der Waals surface area contributed by atoms with Gasteiger partial charge in [-0.05, 0) is 35.8 Å². The van der Waals surface area contributed by atoms with E-state index in [9.17, 15) is 9.18 Å². The summed E-state index contributed by atoms with van der Waals surface area (Å²) < 4.78 is 12.9. The molecule has 0 aliphatic carbocycles. The first-order valence-electron chi connectivity index (χ1n) is 8.19. The molecule has 3 nitrogen and oxygen atoms in total. The molecule has 3 rings (SSSR count). The second-order valence-corrected chi connectivity index (χ2v) is 6.72. The van der Waals surface area contributed by atoms with Gasteiger partial charge in [0.2, 0.25) is 0 Å². The van der Waals surface area contributed by atoms with Crippen molar-refractivity contribution in [2.75, 3.05) is 12.3 Å². The predicted octanol–water partition coefficient (Wildman–Crippen LogP) is 4.36. The van der Waals surface area contributed by atoms with Gasteiger partial charge >= 0.3 is 0 Å². The highest BCUT2D eigenvalue weighted by molar-refractivity contribution is 8.13. The molecule has 0 unspecified atom stereocenters. The maximum absolute atomic E-state index is 12.9. The molecule has 5 heteroatoms. The zero-order chi connectivity index (χ0) is 17.5. The Balaban J connectivity index is 1.69. The highest BCUT2D eigenvalue weighted by atomic mass is 32.2. The zero-order valence-corrected chi connectivity index (χ0v) is 14.6. The molecule has 0 radical (unpaired) electrons. The number of halogens is 1. The lowest BCUT2D eigenvalue weighted by Gasteiger charge is -2.26. The Morgan fingerprint density at radius 2 is 1.92 bits per heavy atom. The number of nitrogens with zero attached hydrogens (tertiary/aromatic N) is 2. The lowest BCUT2D eigenvalue weighted by molar-refractivity contribution is -0.122. The van der Waals surface area contributed by atoms with Gasteiger partial charge in [-0.3, -0.25) is 14.7 Å². The van der Waals surface area contributed by atoms with Gasteiger partial charge in [0, 0.05) is 18.4 Å². The number of hydrogen-bond donors (Lipinski definition) is 0. The highest BCUT2D eigenvalue weighted by Gasteiger charge is 2.21. The lowest BCUT2D eigenvalue weighted by Crippen LogP contribution is -2.38. The molecule has 128 valence electrons. The van der Waals surface area contributed by atoms with E-state index in [1.807, 2.05) is 30.3 Å². The predicted molar refractivity (Wildman–Crippen MR) is 102 cm³/mol. The second-order valence-electron chi connectivity index (χ2n) is 5.66. The van der Waals surface area contributed by atoms with E-state index in [0.717, 1.165) is 28.5 Å². The number of amides is 1. The molecule has 1 amide bonds. The van der Waals surface area contributed by atoms with Gasteiger partial charge in [-0.2, -0.15) is 0 Å². The van der Waals surface area contributed by atoms with Crippen LogP contribution in [0.15, 0.2) is 65.7 Å². The summed E-state index contributed by atoms with van der Waals surface area (Å²) in [5.74, 6) is 0.591. The molecule has 1 saturated heterocycles. The minimum Gasteiger partial charge on any atom is -0.288 e. The first-order chi connectivity index (χ1) is 12.2. The fraction of sp³-hybridized carbons (Fsp3) is 0.200. The van der Waals surface area contributed by atoms with E-state index in [0.29, 0.717) is 13.1 Å². The molecule has 1 fully saturated rings. The fourth-order valence-electron chi connectivity index (χ4n) is 2.47. The van der Waals surface area contributed by atoms with Gasteiger partial charge in [-0.25, -0.2) is 4.39 Å². The van der Waals surface area contributed by atoms with Crippen LogP contribution in [0.4, 0.5) is 4.39 Å². The molecular weight excluding hydrogens is 335 g/mol. The van der Waals surface area contributed by atoms with Crippen LogP contribution in [0.5, 0.6) is 0 Å². The van der Waals surface area contributed by atoms with E-state index < -0.39 is 0 Å². The van der Waals surface area contributed by atoms with Crippen molar-refractivity contribution in [2.24, 2.45) is 4.99 Å². The van der Waals surface area contributed by atoms with Gasteiger partial charge in [0.25, 0.3) is 5.91 Å². The monoisotopic (exact) mass is 354 g/mol. The normalized spacial score (nSPS) is 16.5. The SMILES string of the molecule is O=C(C=Cc1ccc(F)cc1)N1CCCSC1=NCc1ccccc1. The summed E-state index contributed by atoms with van der Waals surface area (Å²) in [6.45, 7) is 1.24. The van der Waals surface area contributed by atoms with Crippen molar-refractivity contribution in [3.8, 4) is 0 Å². The van der Waals surface area contributed by atoms with Crippen LogP contribution >= 0.6 is 11.8 Å². The average Bonchev–Trinajstić information content (AvgIpc) is 2.67. The van der Waals surface area contributed by atoms with Crippen molar-refractivity contribution < 1.29 is 9.18 Å². The van der Waals surface area contributed by atoms with E-state index >= 15 is 0 Å². The van der Waals surface area contributed by atoms with E-state index in [-0.39, 0.29) is 11.7 Å². The lowest BCUT2D eigenvalue weighted by atomic mass is 10.2. The molecule has 2 aromatic rings. The quantitative estimate of drug-likeness (QED) is 0.764. The van der Waals surface area contributed by atoms with Crippen LogP contribution in [-0.2, 0) is 11.3 Å². The highest BCUT2D eigenvalue weighted by Crippen LogP contribution is 2.19. The molecule has 0 bridgehead atoms. The third-order valence-electron chi connectivity index (χ3n) is 3.78. The molecule has 0 saturated carbocycles. The van der Waals surface area contributed by atoms with Crippen LogP contribution in [0.3, 0.4) is 0 Å². The molecule has 25 heavy (non-hydrogen) atoms. The Morgan fingerprint density at radius 1 is 1.16 bits per heavy atom. The molecule has 0 atom stereocenters. The molecular formula is C20H19FN2OS. The number of aliphatic imine (C=N–C) groups is 1. The maximum Gasteiger partial charge on any atom is 0.252 e. The van der Waals surface area contributed by atoms with Crippen molar-refractivity contribution >= 4 is 28.9 Å². The van der Waals surface area contributed by atoms with Gasteiger partial charge in [0.1, 0.15) is 5.82 Å². The third kappa shape index (κ3) is 5.03. The molecule has 1 heterocycles. The fourth-order valence-corrected chi connectivity index (χ4v) is 3.42. The summed E-state index contributed by atoms with van der Waals surface area (Å²) in [5.41, 5.74) is 1.91. The molecule has 2 aromatic carbocycles. The summed E-state index contributed by atoms with van der Waals surface area (Å²) in [6, 6.07) is 16.1. The van der Waals surface area contributed by atoms with Gasteiger partial charge in [-0.15, -0.1) is 0 Å². The summed E-state index contributed by atoms with van der Waals surface area (Å²) in [7, 11) is 0. The van der Waals surface area contributed by atoms with Crippen molar-refractivity contribution in [2.45, 2.75) is 13.0 Å².